The Morgan fingerprint density at radius 2 is 2.05 bits per heavy atom. The number of carboxylic acid groups (broad SMARTS) is 1. The summed E-state index contributed by atoms with van der Waals surface area (Å²) in [5.41, 5.74) is 3.64. The van der Waals surface area contributed by atoms with Gasteiger partial charge < -0.3 is 10.0 Å². The number of allylic oxidation sites excluding steroid dienone is 1. The standard InChI is InChI=1S/C16H21NO2/c1-5-8-17-14-7-6-12(15(18)19)9-13(14)11(2)10-16(17,3)4/h6-7,9-10H,5,8H2,1-4H3,(H,18,19). The third-order valence-electron chi connectivity index (χ3n) is 3.67. The van der Waals surface area contributed by atoms with Crippen LogP contribution in [0.5, 0.6) is 0 Å². The molecule has 3 heteroatoms. The topological polar surface area (TPSA) is 40.5 Å². The summed E-state index contributed by atoms with van der Waals surface area (Å²) < 4.78 is 0. The van der Waals surface area contributed by atoms with Crippen molar-refractivity contribution in [3.05, 3.63) is 35.4 Å². The summed E-state index contributed by atoms with van der Waals surface area (Å²) in [6.07, 6.45) is 3.28. The van der Waals surface area contributed by atoms with Gasteiger partial charge in [0.05, 0.1) is 11.1 Å². The van der Waals surface area contributed by atoms with Gasteiger partial charge in [0.2, 0.25) is 0 Å². The van der Waals surface area contributed by atoms with Gasteiger partial charge in [-0.1, -0.05) is 13.0 Å². The number of carbonyl (C=O) groups is 1. The lowest BCUT2D eigenvalue weighted by Gasteiger charge is -2.43. The average Bonchev–Trinajstić information content (AvgIpc) is 2.33. The van der Waals surface area contributed by atoms with Crippen molar-refractivity contribution in [3.8, 4) is 0 Å². The molecule has 1 aliphatic rings. The molecule has 3 nitrogen and oxygen atoms in total. The van der Waals surface area contributed by atoms with Crippen LogP contribution < -0.4 is 4.90 Å². The zero-order valence-electron chi connectivity index (χ0n) is 12.0. The van der Waals surface area contributed by atoms with Crippen LogP contribution in [-0.2, 0) is 0 Å². The summed E-state index contributed by atoms with van der Waals surface area (Å²) in [4.78, 5) is 13.4. The predicted octanol–water partition coefficient (Wildman–Crippen LogP) is 3.80. The van der Waals surface area contributed by atoms with Crippen LogP contribution in [-0.4, -0.2) is 23.2 Å². The van der Waals surface area contributed by atoms with Crippen molar-refractivity contribution in [1.29, 1.82) is 0 Å². The summed E-state index contributed by atoms with van der Waals surface area (Å²) in [7, 11) is 0. The summed E-state index contributed by atoms with van der Waals surface area (Å²) in [6.45, 7) is 9.57. The van der Waals surface area contributed by atoms with Crippen LogP contribution in [0, 0.1) is 0 Å². The maximum absolute atomic E-state index is 11.1. The molecule has 0 saturated carbocycles. The Hall–Kier alpha value is -1.77. The molecule has 1 aromatic rings. The molecule has 1 N–H and O–H groups in total. The third kappa shape index (κ3) is 2.37. The number of carboxylic acids is 1. The van der Waals surface area contributed by atoms with Crippen molar-refractivity contribution in [3.63, 3.8) is 0 Å². The van der Waals surface area contributed by atoms with Crippen molar-refractivity contribution < 1.29 is 9.90 Å². The SMILES string of the molecule is CCCN1c2ccc(C(=O)O)cc2C(C)=CC1(C)C. The van der Waals surface area contributed by atoms with Crippen LogP contribution in [0.1, 0.15) is 50.0 Å². The zero-order valence-corrected chi connectivity index (χ0v) is 12.0. The van der Waals surface area contributed by atoms with E-state index in [9.17, 15) is 4.79 Å². The van der Waals surface area contributed by atoms with Crippen LogP contribution in [0.4, 0.5) is 5.69 Å². The van der Waals surface area contributed by atoms with Crippen molar-refractivity contribution in [2.24, 2.45) is 0 Å². The number of nitrogens with zero attached hydrogens (tertiary/aromatic N) is 1. The number of anilines is 1. The first-order valence-corrected chi connectivity index (χ1v) is 6.71. The first-order chi connectivity index (χ1) is 8.86. The van der Waals surface area contributed by atoms with Gasteiger partial charge in [-0.2, -0.15) is 0 Å². The normalized spacial score (nSPS) is 16.8. The molecule has 0 aliphatic carbocycles. The van der Waals surface area contributed by atoms with Gasteiger partial charge in [-0.25, -0.2) is 4.79 Å². The van der Waals surface area contributed by atoms with E-state index in [1.54, 1.807) is 12.1 Å². The highest BCUT2D eigenvalue weighted by molar-refractivity contribution is 5.92. The Labute approximate surface area is 114 Å². The molecule has 0 saturated heterocycles. The van der Waals surface area contributed by atoms with Gasteiger partial charge in [-0.15, -0.1) is 0 Å². The molecule has 19 heavy (non-hydrogen) atoms. The molecule has 0 unspecified atom stereocenters. The fourth-order valence-corrected chi connectivity index (χ4v) is 2.85. The summed E-state index contributed by atoms with van der Waals surface area (Å²) in [6, 6.07) is 5.41. The summed E-state index contributed by atoms with van der Waals surface area (Å²) in [5.74, 6) is -0.873. The van der Waals surface area contributed by atoms with E-state index in [0.29, 0.717) is 5.56 Å². The minimum absolute atomic E-state index is 0.0299. The van der Waals surface area contributed by atoms with E-state index in [0.717, 1.165) is 29.8 Å². The van der Waals surface area contributed by atoms with E-state index >= 15 is 0 Å². The van der Waals surface area contributed by atoms with E-state index in [1.807, 2.05) is 6.07 Å². The first-order valence-electron chi connectivity index (χ1n) is 6.71. The second kappa shape index (κ2) is 4.72. The van der Waals surface area contributed by atoms with Gasteiger partial charge in [-0.3, -0.25) is 0 Å². The van der Waals surface area contributed by atoms with E-state index in [4.69, 9.17) is 5.11 Å². The first kappa shape index (κ1) is 13.7. The highest BCUT2D eigenvalue weighted by Crippen LogP contribution is 2.39. The monoisotopic (exact) mass is 259 g/mol. The van der Waals surface area contributed by atoms with Gasteiger partial charge >= 0.3 is 5.97 Å². The van der Waals surface area contributed by atoms with Crippen LogP contribution in [0.3, 0.4) is 0 Å². The Bertz CT molecular complexity index is 544. The largest absolute Gasteiger partial charge is 0.478 e. The minimum atomic E-state index is -0.873. The lowest BCUT2D eigenvalue weighted by Crippen LogP contribution is -2.45. The van der Waals surface area contributed by atoms with Gasteiger partial charge in [0.1, 0.15) is 0 Å². The number of benzene rings is 1. The van der Waals surface area contributed by atoms with Crippen LogP contribution in [0.25, 0.3) is 5.57 Å². The van der Waals surface area contributed by atoms with Crippen LogP contribution >= 0.6 is 0 Å². The third-order valence-corrected chi connectivity index (χ3v) is 3.67. The Morgan fingerprint density at radius 3 is 2.63 bits per heavy atom. The van der Waals surface area contributed by atoms with Gasteiger partial charge in [0.15, 0.2) is 0 Å². The Kier molecular flexibility index (Phi) is 3.40. The lowest BCUT2D eigenvalue weighted by molar-refractivity contribution is 0.0697. The van der Waals surface area contributed by atoms with E-state index in [2.05, 4.69) is 38.7 Å². The Morgan fingerprint density at radius 1 is 1.37 bits per heavy atom. The molecule has 0 fully saturated rings. The van der Waals surface area contributed by atoms with Crippen LogP contribution in [0.15, 0.2) is 24.3 Å². The van der Waals surface area contributed by atoms with Crippen molar-refractivity contribution in [2.75, 3.05) is 11.4 Å². The minimum Gasteiger partial charge on any atom is -0.478 e. The summed E-state index contributed by atoms with van der Waals surface area (Å²) in [5, 5.41) is 9.11. The van der Waals surface area contributed by atoms with E-state index in [-0.39, 0.29) is 5.54 Å². The molecular formula is C16H21NO2. The smallest absolute Gasteiger partial charge is 0.335 e. The second-order valence-electron chi connectivity index (χ2n) is 5.67. The Balaban J connectivity index is 2.58. The molecule has 0 atom stereocenters. The number of aromatic carboxylic acids is 1. The second-order valence-corrected chi connectivity index (χ2v) is 5.67. The highest BCUT2D eigenvalue weighted by Gasteiger charge is 2.30. The predicted molar refractivity (Wildman–Crippen MR) is 78.8 cm³/mol. The zero-order chi connectivity index (χ0) is 14.2. The average molecular weight is 259 g/mol. The quantitative estimate of drug-likeness (QED) is 0.897. The van der Waals surface area contributed by atoms with E-state index < -0.39 is 5.97 Å². The van der Waals surface area contributed by atoms with Gasteiger partial charge in [-0.05, 0) is 51.0 Å². The fraction of sp³-hybridized carbons (Fsp3) is 0.438. The number of fused-ring (bicyclic) bond motifs is 1. The molecule has 0 radical (unpaired) electrons. The molecule has 2 rings (SSSR count). The summed E-state index contributed by atoms with van der Waals surface area (Å²) >= 11 is 0. The highest BCUT2D eigenvalue weighted by atomic mass is 16.4. The number of hydrogen-bond donors (Lipinski definition) is 1. The fourth-order valence-electron chi connectivity index (χ4n) is 2.85. The maximum atomic E-state index is 11.1. The number of rotatable bonds is 3. The molecule has 1 heterocycles. The van der Waals surface area contributed by atoms with Crippen molar-refractivity contribution >= 4 is 17.2 Å². The lowest BCUT2D eigenvalue weighted by atomic mass is 9.88. The molecule has 0 bridgehead atoms. The molecule has 0 amide bonds. The molecule has 102 valence electrons. The van der Waals surface area contributed by atoms with Crippen LogP contribution in [0.2, 0.25) is 0 Å². The molecular weight excluding hydrogens is 238 g/mol. The molecule has 0 spiro atoms. The van der Waals surface area contributed by atoms with Gasteiger partial charge in [0, 0.05) is 17.8 Å². The van der Waals surface area contributed by atoms with Crippen molar-refractivity contribution in [2.45, 2.75) is 39.7 Å². The molecule has 1 aromatic carbocycles. The van der Waals surface area contributed by atoms with Gasteiger partial charge in [0.25, 0.3) is 0 Å². The molecule has 1 aliphatic heterocycles. The maximum Gasteiger partial charge on any atom is 0.335 e. The number of hydrogen-bond acceptors (Lipinski definition) is 2. The molecule has 0 aromatic heterocycles. The van der Waals surface area contributed by atoms with Crippen molar-refractivity contribution in [1.82, 2.24) is 0 Å². The van der Waals surface area contributed by atoms with E-state index in [1.165, 1.54) is 0 Å².